The fourth-order valence-electron chi connectivity index (χ4n) is 4.45. The molecule has 4 aromatic rings. The first kappa shape index (κ1) is 20.4. The van der Waals surface area contributed by atoms with Gasteiger partial charge in [-0.25, -0.2) is 0 Å². The molecule has 1 fully saturated rings. The van der Waals surface area contributed by atoms with Crippen LogP contribution in [0, 0.1) is 0 Å². The molecule has 0 saturated carbocycles. The van der Waals surface area contributed by atoms with Crippen LogP contribution in [0.4, 0.5) is 5.69 Å². The summed E-state index contributed by atoms with van der Waals surface area (Å²) in [6.07, 6.45) is 0. The van der Waals surface area contributed by atoms with Crippen molar-refractivity contribution in [2.75, 3.05) is 45.4 Å². The highest BCUT2D eigenvalue weighted by Gasteiger charge is 2.16. The molecule has 164 valence electrons. The van der Waals surface area contributed by atoms with E-state index < -0.39 is 0 Å². The fraction of sp³-hybridized carbons (Fsp3) is 0.269. The summed E-state index contributed by atoms with van der Waals surface area (Å²) < 4.78 is 18.6. The minimum atomic E-state index is 0.0604. The van der Waals surface area contributed by atoms with Crippen molar-refractivity contribution in [3.63, 3.8) is 0 Å². The highest BCUT2D eigenvalue weighted by molar-refractivity contribution is 5.95. The average molecular weight is 431 g/mol. The molecule has 1 aromatic heterocycles. The zero-order valence-electron chi connectivity index (χ0n) is 18.3. The number of rotatable bonds is 5. The van der Waals surface area contributed by atoms with Crippen LogP contribution in [0.15, 0.2) is 65.5 Å². The van der Waals surface area contributed by atoms with E-state index in [1.807, 2.05) is 48.5 Å². The Balaban J connectivity index is 1.70. The summed E-state index contributed by atoms with van der Waals surface area (Å²) in [4.78, 5) is 15.7. The Morgan fingerprint density at radius 3 is 2.25 bits per heavy atom. The van der Waals surface area contributed by atoms with E-state index in [9.17, 15) is 4.79 Å². The van der Waals surface area contributed by atoms with Gasteiger partial charge in [-0.1, -0.05) is 12.1 Å². The van der Waals surface area contributed by atoms with E-state index in [1.54, 1.807) is 14.2 Å². The Morgan fingerprint density at radius 1 is 0.844 bits per heavy atom. The summed E-state index contributed by atoms with van der Waals surface area (Å²) in [5, 5.41) is 1.44. The number of hydrogen-bond donors (Lipinski definition) is 0. The second kappa shape index (κ2) is 8.55. The van der Waals surface area contributed by atoms with Crippen LogP contribution in [-0.4, -0.2) is 45.1 Å². The lowest BCUT2D eigenvalue weighted by Crippen LogP contribution is -2.36. The molecule has 0 radical (unpaired) electrons. The van der Waals surface area contributed by atoms with Crippen LogP contribution >= 0.6 is 0 Å². The number of ether oxygens (including phenoxy) is 3. The maximum Gasteiger partial charge on any atom is 0.197 e. The molecule has 6 heteroatoms. The number of hydrogen-bond acceptors (Lipinski definition) is 5. The lowest BCUT2D eigenvalue weighted by atomic mass is 10.1. The van der Waals surface area contributed by atoms with Gasteiger partial charge in [0.2, 0.25) is 0 Å². The molecule has 0 bridgehead atoms. The van der Waals surface area contributed by atoms with Crippen molar-refractivity contribution in [1.29, 1.82) is 0 Å². The molecule has 0 aliphatic carbocycles. The van der Waals surface area contributed by atoms with Crippen molar-refractivity contribution >= 4 is 27.5 Å². The van der Waals surface area contributed by atoms with Gasteiger partial charge in [-0.15, -0.1) is 0 Å². The number of methoxy groups -OCH3 is 2. The third-order valence-corrected chi connectivity index (χ3v) is 6.08. The van der Waals surface area contributed by atoms with E-state index in [-0.39, 0.29) is 5.43 Å². The number of morpholine rings is 1. The van der Waals surface area contributed by atoms with E-state index >= 15 is 0 Å². The first-order valence-electron chi connectivity index (χ1n) is 10.8. The van der Waals surface area contributed by atoms with Gasteiger partial charge in [0, 0.05) is 42.2 Å². The van der Waals surface area contributed by atoms with Crippen molar-refractivity contribution in [3.8, 4) is 11.5 Å². The van der Waals surface area contributed by atoms with Gasteiger partial charge >= 0.3 is 0 Å². The van der Waals surface area contributed by atoms with Crippen molar-refractivity contribution in [2.45, 2.75) is 6.54 Å². The van der Waals surface area contributed by atoms with Crippen molar-refractivity contribution < 1.29 is 14.2 Å². The van der Waals surface area contributed by atoms with Gasteiger partial charge in [-0.3, -0.25) is 4.79 Å². The predicted octanol–water partition coefficient (Wildman–Crippen LogP) is 4.06. The molecule has 0 amide bonds. The highest BCUT2D eigenvalue weighted by atomic mass is 16.5. The maximum absolute atomic E-state index is 13.4. The summed E-state index contributed by atoms with van der Waals surface area (Å²) in [5.74, 6) is 1.48. The van der Waals surface area contributed by atoms with Crippen LogP contribution in [0.2, 0.25) is 0 Å². The fourth-order valence-corrected chi connectivity index (χ4v) is 4.45. The number of nitrogens with zero attached hydrogens (tertiary/aromatic N) is 2. The summed E-state index contributed by atoms with van der Waals surface area (Å²) in [7, 11) is 3.30. The number of benzene rings is 3. The van der Waals surface area contributed by atoms with Gasteiger partial charge in [0.15, 0.2) is 5.43 Å². The van der Waals surface area contributed by atoms with Gasteiger partial charge in [-0.05, 0) is 48.0 Å². The zero-order valence-corrected chi connectivity index (χ0v) is 18.3. The molecule has 0 spiro atoms. The first-order chi connectivity index (χ1) is 15.7. The van der Waals surface area contributed by atoms with Gasteiger partial charge in [0.25, 0.3) is 0 Å². The predicted molar refractivity (Wildman–Crippen MR) is 127 cm³/mol. The van der Waals surface area contributed by atoms with Gasteiger partial charge in [-0.2, -0.15) is 0 Å². The van der Waals surface area contributed by atoms with Crippen LogP contribution in [0.1, 0.15) is 5.56 Å². The summed E-state index contributed by atoms with van der Waals surface area (Å²) >= 11 is 0. The number of aromatic nitrogens is 1. The van der Waals surface area contributed by atoms with Crippen LogP contribution in [0.25, 0.3) is 21.8 Å². The number of anilines is 1. The van der Waals surface area contributed by atoms with Crippen LogP contribution in [-0.2, 0) is 11.3 Å². The maximum atomic E-state index is 13.4. The van der Waals surface area contributed by atoms with Gasteiger partial charge in [0.1, 0.15) is 11.5 Å². The molecule has 32 heavy (non-hydrogen) atoms. The summed E-state index contributed by atoms with van der Waals surface area (Å²) in [5.41, 5.74) is 3.97. The topological polar surface area (TPSA) is 52.9 Å². The first-order valence-corrected chi connectivity index (χ1v) is 10.8. The molecule has 1 aliphatic heterocycles. The largest absolute Gasteiger partial charge is 0.497 e. The minimum absolute atomic E-state index is 0.0604. The Morgan fingerprint density at radius 2 is 1.53 bits per heavy atom. The molecule has 0 atom stereocenters. The molecular weight excluding hydrogens is 404 g/mol. The lowest BCUT2D eigenvalue weighted by molar-refractivity contribution is 0.122. The molecule has 1 saturated heterocycles. The normalized spacial score (nSPS) is 14.1. The van der Waals surface area contributed by atoms with E-state index in [4.69, 9.17) is 14.2 Å². The van der Waals surface area contributed by atoms with Crippen LogP contribution in [0.3, 0.4) is 0 Å². The number of para-hydroxylation sites is 1. The van der Waals surface area contributed by atoms with Gasteiger partial charge in [0.05, 0.1) is 38.5 Å². The molecule has 2 heterocycles. The number of fused-ring (bicyclic) bond motifs is 2. The molecule has 5 rings (SSSR count). The van der Waals surface area contributed by atoms with E-state index in [1.165, 1.54) is 0 Å². The Bertz CT molecular complexity index is 1320. The zero-order chi connectivity index (χ0) is 22.1. The molecule has 6 nitrogen and oxygen atoms in total. The Labute approximate surface area is 186 Å². The van der Waals surface area contributed by atoms with Gasteiger partial charge < -0.3 is 23.7 Å². The SMILES string of the molecule is COc1cc(Cn2c3ccccc3c(=O)c3cc(N4CCOCC4)ccc32)cc(OC)c1. The van der Waals surface area contributed by atoms with Crippen LogP contribution < -0.4 is 19.8 Å². The molecular formula is C26H26N2O4. The third-order valence-electron chi connectivity index (χ3n) is 6.08. The molecule has 0 unspecified atom stereocenters. The van der Waals surface area contributed by atoms with E-state index in [2.05, 4.69) is 21.6 Å². The molecule has 3 aromatic carbocycles. The lowest BCUT2D eigenvalue weighted by Gasteiger charge is -2.29. The summed E-state index contributed by atoms with van der Waals surface area (Å²) in [6, 6.07) is 19.9. The van der Waals surface area contributed by atoms with Crippen molar-refractivity contribution in [3.05, 3.63) is 76.5 Å². The van der Waals surface area contributed by atoms with Crippen LogP contribution in [0.5, 0.6) is 11.5 Å². The second-order valence-corrected chi connectivity index (χ2v) is 7.95. The third kappa shape index (κ3) is 3.67. The number of pyridine rings is 1. The molecule has 1 aliphatic rings. The van der Waals surface area contributed by atoms with Crippen molar-refractivity contribution in [2.24, 2.45) is 0 Å². The van der Waals surface area contributed by atoms with E-state index in [0.29, 0.717) is 25.1 Å². The Hall–Kier alpha value is -3.51. The Kier molecular flexibility index (Phi) is 5.45. The monoisotopic (exact) mass is 430 g/mol. The average Bonchev–Trinajstić information content (AvgIpc) is 2.86. The highest BCUT2D eigenvalue weighted by Crippen LogP contribution is 2.28. The standard InChI is InChI=1S/C26H26N2O4/c1-30-20-13-18(14-21(16-20)31-2)17-28-24-6-4-3-5-22(24)26(29)23-15-19(7-8-25(23)28)27-9-11-32-12-10-27/h3-8,13-16H,9-12,17H2,1-2H3. The second-order valence-electron chi connectivity index (χ2n) is 7.95. The molecule has 0 N–H and O–H groups in total. The minimum Gasteiger partial charge on any atom is -0.497 e. The summed E-state index contributed by atoms with van der Waals surface area (Å²) in [6.45, 7) is 3.66. The quantitative estimate of drug-likeness (QED) is 0.447. The van der Waals surface area contributed by atoms with E-state index in [0.717, 1.165) is 52.3 Å². The van der Waals surface area contributed by atoms with Crippen molar-refractivity contribution in [1.82, 2.24) is 4.57 Å². The smallest absolute Gasteiger partial charge is 0.197 e.